The summed E-state index contributed by atoms with van der Waals surface area (Å²) < 4.78 is 5.00. The Bertz CT molecular complexity index is 341. The molecule has 0 aliphatic heterocycles. The highest BCUT2D eigenvalue weighted by Crippen LogP contribution is 2.06. The molecule has 108 valence electrons. The maximum absolute atomic E-state index is 5.00. The largest absolute Gasteiger partial charge is 0.383 e. The van der Waals surface area contributed by atoms with Crippen LogP contribution in [-0.2, 0) is 11.2 Å². The fourth-order valence-corrected chi connectivity index (χ4v) is 2.10. The first kappa shape index (κ1) is 16.2. The van der Waals surface area contributed by atoms with Crippen molar-refractivity contribution in [2.24, 2.45) is 0 Å². The third-order valence-corrected chi connectivity index (χ3v) is 3.24. The first-order valence-corrected chi connectivity index (χ1v) is 7.16. The molecular formula is C16H28N2O. The SMILES string of the molecule is COCCNCCN(C)CCCc1cccc(C)c1. The van der Waals surface area contributed by atoms with Gasteiger partial charge < -0.3 is 15.0 Å². The molecule has 1 N–H and O–H groups in total. The summed E-state index contributed by atoms with van der Waals surface area (Å²) >= 11 is 0. The minimum absolute atomic E-state index is 0.789. The quantitative estimate of drug-likeness (QED) is 0.655. The summed E-state index contributed by atoms with van der Waals surface area (Å²) in [7, 11) is 3.92. The predicted molar refractivity (Wildman–Crippen MR) is 81.7 cm³/mol. The summed E-state index contributed by atoms with van der Waals surface area (Å²) in [6, 6.07) is 8.81. The number of benzene rings is 1. The first-order valence-electron chi connectivity index (χ1n) is 7.16. The lowest BCUT2D eigenvalue weighted by molar-refractivity contribution is 0.198. The highest BCUT2D eigenvalue weighted by molar-refractivity contribution is 5.22. The number of hydrogen-bond donors (Lipinski definition) is 1. The van der Waals surface area contributed by atoms with Crippen molar-refractivity contribution >= 4 is 0 Å². The number of aryl methyl sites for hydroxylation is 2. The number of nitrogens with one attached hydrogen (secondary N) is 1. The van der Waals surface area contributed by atoms with E-state index in [1.807, 2.05) is 0 Å². The van der Waals surface area contributed by atoms with Crippen LogP contribution < -0.4 is 5.32 Å². The number of likely N-dealkylation sites (N-methyl/N-ethyl adjacent to an activating group) is 1. The molecule has 0 amide bonds. The van der Waals surface area contributed by atoms with Crippen LogP contribution in [0.3, 0.4) is 0 Å². The van der Waals surface area contributed by atoms with Gasteiger partial charge in [0.1, 0.15) is 0 Å². The number of rotatable bonds is 10. The van der Waals surface area contributed by atoms with E-state index in [0.717, 1.165) is 32.8 Å². The zero-order valence-electron chi connectivity index (χ0n) is 12.6. The molecule has 3 heteroatoms. The summed E-state index contributed by atoms with van der Waals surface area (Å²) in [5, 5.41) is 3.37. The van der Waals surface area contributed by atoms with Crippen LogP contribution in [-0.4, -0.2) is 51.8 Å². The second-order valence-corrected chi connectivity index (χ2v) is 5.14. The zero-order chi connectivity index (χ0) is 13.9. The number of ether oxygens (including phenoxy) is 1. The molecule has 0 saturated heterocycles. The van der Waals surface area contributed by atoms with Crippen molar-refractivity contribution in [1.82, 2.24) is 10.2 Å². The number of hydrogen-bond acceptors (Lipinski definition) is 3. The molecule has 0 aliphatic carbocycles. The Balaban J connectivity index is 2.05. The molecule has 0 atom stereocenters. The molecule has 0 aromatic heterocycles. The van der Waals surface area contributed by atoms with Gasteiger partial charge in [-0.05, 0) is 38.9 Å². The van der Waals surface area contributed by atoms with Gasteiger partial charge in [0.05, 0.1) is 6.61 Å². The van der Waals surface area contributed by atoms with Crippen molar-refractivity contribution in [3.8, 4) is 0 Å². The predicted octanol–water partition coefficient (Wildman–Crippen LogP) is 2.10. The third kappa shape index (κ3) is 7.98. The van der Waals surface area contributed by atoms with E-state index in [0.29, 0.717) is 0 Å². The second kappa shape index (κ2) is 9.96. The van der Waals surface area contributed by atoms with Gasteiger partial charge in [0.2, 0.25) is 0 Å². The van der Waals surface area contributed by atoms with Crippen LogP contribution in [0.15, 0.2) is 24.3 Å². The van der Waals surface area contributed by atoms with Gasteiger partial charge in [-0.25, -0.2) is 0 Å². The highest BCUT2D eigenvalue weighted by Gasteiger charge is 1.99. The lowest BCUT2D eigenvalue weighted by atomic mass is 10.1. The maximum atomic E-state index is 5.00. The van der Waals surface area contributed by atoms with Gasteiger partial charge in [-0.15, -0.1) is 0 Å². The average Bonchev–Trinajstić information content (AvgIpc) is 2.38. The fourth-order valence-electron chi connectivity index (χ4n) is 2.10. The van der Waals surface area contributed by atoms with Gasteiger partial charge in [-0.3, -0.25) is 0 Å². The lowest BCUT2D eigenvalue weighted by Gasteiger charge is -2.16. The van der Waals surface area contributed by atoms with Crippen molar-refractivity contribution in [3.63, 3.8) is 0 Å². The summed E-state index contributed by atoms with van der Waals surface area (Å²) in [6.45, 7) is 7.16. The van der Waals surface area contributed by atoms with E-state index in [1.54, 1.807) is 7.11 Å². The molecule has 0 radical (unpaired) electrons. The molecule has 3 nitrogen and oxygen atoms in total. The van der Waals surface area contributed by atoms with Crippen molar-refractivity contribution in [1.29, 1.82) is 0 Å². The molecule has 1 aromatic carbocycles. The summed E-state index contributed by atoms with van der Waals surface area (Å²) in [5.41, 5.74) is 2.81. The van der Waals surface area contributed by atoms with E-state index in [2.05, 4.69) is 48.5 Å². The monoisotopic (exact) mass is 264 g/mol. The van der Waals surface area contributed by atoms with E-state index in [9.17, 15) is 0 Å². The Kier molecular flexibility index (Phi) is 8.47. The van der Waals surface area contributed by atoms with Crippen LogP contribution in [0.1, 0.15) is 17.5 Å². The molecule has 0 unspecified atom stereocenters. The van der Waals surface area contributed by atoms with E-state index in [1.165, 1.54) is 24.0 Å². The van der Waals surface area contributed by atoms with E-state index in [-0.39, 0.29) is 0 Å². The molecular weight excluding hydrogens is 236 g/mol. The third-order valence-electron chi connectivity index (χ3n) is 3.24. The Labute approximate surface area is 118 Å². The fraction of sp³-hybridized carbons (Fsp3) is 0.625. The number of nitrogens with zero attached hydrogens (tertiary/aromatic N) is 1. The minimum Gasteiger partial charge on any atom is -0.383 e. The Hall–Kier alpha value is -0.900. The van der Waals surface area contributed by atoms with Gasteiger partial charge in [0.25, 0.3) is 0 Å². The molecule has 0 bridgehead atoms. The zero-order valence-corrected chi connectivity index (χ0v) is 12.6. The van der Waals surface area contributed by atoms with E-state index in [4.69, 9.17) is 4.74 Å². The topological polar surface area (TPSA) is 24.5 Å². The van der Waals surface area contributed by atoms with Crippen LogP contribution in [0.2, 0.25) is 0 Å². The minimum atomic E-state index is 0.789. The molecule has 0 aliphatic rings. The van der Waals surface area contributed by atoms with Gasteiger partial charge in [-0.2, -0.15) is 0 Å². The molecule has 0 spiro atoms. The molecule has 0 saturated carbocycles. The highest BCUT2D eigenvalue weighted by atomic mass is 16.5. The molecule has 0 heterocycles. The lowest BCUT2D eigenvalue weighted by Crippen LogP contribution is -2.31. The maximum Gasteiger partial charge on any atom is 0.0587 e. The van der Waals surface area contributed by atoms with Crippen molar-refractivity contribution in [2.75, 3.05) is 46.9 Å². The normalized spacial score (nSPS) is 11.2. The van der Waals surface area contributed by atoms with Crippen LogP contribution in [0.4, 0.5) is 0 Å². The molecule has 1 aromatic rings. The van der Waals surface area contributed by atoms with Gasteiger partial charge >= 0.3 is 0 Å². The van der Waals surface area contributed by atoms with Gasteiger partial charge in [-0.1, -0.05) is 29.8 Å². The Morgan fingerprint density at radius 2 is 2.05 bits per heavy atom. The van der Waals surface area contributed by atoms with Crippen molar-refractivity contribution in [3.05, 3.63) is 35.4 Å². The standard InChI is InChI=1S/C16H28N2O/c1-15-6-4-7-16(14-15)8-5-11-18(2)12-9-17-10-13-19-3/h4,6-7,14,17H,5,8-13H2,1-3H3. The number of methoxy groups -OCH3 is 1. The Morgan fingerprint density at radius 1 is 1.21 bits per heavy atom. The summed E-state index contributed by atoms with van der Waals surface area (Å²) in [6.07, 6.45) is 2.39. The summed E-state index contributed by atoms with van der Waals surface area (Å²) in [4.78, 5) is 2.38. The Morgan fingerprint density at radius 3 is 2.79 bits per heavy atom. The molecule has 0 fully saturated rings. The van der Waals surface area contributed by atoms with Gasteiger partial charge in [0.15, 0.2) is 0 Å². The average molecular weight is 264 g/mol. The smallest absolute Gasteiger partial charge is 0.0587 e. The van der Waals surface area contributed by atoms with E-state index >= 15 is 0 Å². The molecule has 1 rings (SSSR count). The first-order chi connectivity index (χ1) is 9.22. The van der Waals surface area contributed by atoms with Crippen molar-refractivity contribution in [2.45, 2.75) is 19.8 Å². The van der Waals surface area contributed by atoms with Crippen LogP contribution in [0, 0.1) is 6.92 Å². The van der Waals surface area contributed by atoms with Gasteiger partial charge in [0, 0.05) is 26.7 Å². The molecule has 19 heavy (non-hydrogen) atoms. The van der Waals surface area contributed by atoms with Crippen LogP contribution in [0.5, 0.6) is 0 Å². The van der Waals surface area contributed by atoms with Crippen molar-refractivity contribution < 1.29 is 4.74 Å². The summed E-state index contributed by atoms with van der Waals surface area (Å²) in [5.74, 6) is 0. The second-order valence-electron chi connectivity index (χ2n) is 5.14. The van der Waals surface area contributed by atoms with E-state index < -0.39 is 0 Å². The van der Waals surface area contributed by atoms with Crippen LogP contribution >= 0.6 is 0 Å². The van der Waals surface area contributed by atoms with Crippen LogP contribution in [0.25, 0.3) is 0 Å².